The summed E-state index contributed by atoms with van der Waals surface area (Å²) in [5.41, 5.74) is 0.827. The minimum absolute atomic E-state index is 0.0571. The topological polar surface area (TPSA) is 92.3 Å². The number of hydrogen-bond donors (Lipinski definition) is 1. The maximum Gasteiger partial charge on any atom is 0.586 e. The van der Waals surface area contributed by atoms with E-state index in [1.807, 2.05) is 0 Å². The van der Waals surface area contributed by atoms with Crippen molar-refractivity contribution in [1.29, 1.82) is 0 Å². The fourth-order valence-electron chi connectivity index (χ4n) is 6.22. The Labute approximate surface area is 224 Å². The molecule has 4 atom stereocenters. The molecule has 4 aliphatic rings. The largest absolute Gasteiger partial charge is 0.586 e. The molecule has 2 aliphatic carbocycles. The quantitative estimate of drug-likeness (QED) is 0.511. The van der Waals surface area contributed by atoms with Crippen LogP contribution < -0.4 is 19.5 Å². The van der Waals surface area contributed by atoms with Crippen LogP contribution in [-0.2, 0) is 19.7 Å². The number of carbonyl (C=O) groups is 2. The van der Waals surface area contributed by atoms with Crippen molar-refractivity contribution < 1.29 is 42.1 Å². The van der Waals surface area contributed by atoms with E-state index in [1.54, 1.807) is 31.4 Å². The van der Waals surface area contributed by atoms with E-state index in [4.69, 9.17) is 14.2 Å². The first kappa shape index (κ1) is 25.9. The second kappa shape index (κ2) is 9.66. The van der Waals surface area contributed by atoms with Crippen molar-refractivity contribution in [2.45, 2.75) is 74.9 Å². The summed E-state index contributed by atoms with van der Waals surface area (Å²) >= 11 is 0. The van der Waals surface area contributed by atoms with Crippen molar-refractivity contribution in [3.8, 4) is 17.2 Å². The highest BCUT2D eigenvalue weighted by Gasteiger charge is 2.53. The third-order valence-corrected chi connectivity index (χ3v) is 8.52. The van der Waals surface area contributed by atoms with Crippen molar-refractivity contribution in [1.82, 2.24) is 5.32 Å². The summed E-state index contributed by atoms with van der Waals surface area (Å²) in [6, 6.07) is 9.24. The standard InChI is InChI=1S/C29H31F2NO7/c1-35-19-5-3-4-16(12-19)24-15-21(20-13-17(26(33)36-2)6-8-22(20)37-24)32-27(34)28(10-11-28)18-7-9-23-25(14-18)39-29(30,31)38-23/h6-9,13-14,16,19,21,24H,3-5,10-12,15H2,1-2H3,(H,32,34)/t16?,19?,21-,24-/m1/s1. The number of benzene rings is 2. The average molecular weight is 544 g/mol. The minimum Gasteiger partial charge on any atom is -0.490 e. The molecule has 0 saturated heterocycles. The predicted molar refractivity (Wildman–Crippen MR) is 134 cm³/mol. The Morgan fingerprint density at radius 2 is 1.74 bits per heavy atom. The Hall–Kier alpha value is -3.40. The minimum atomic E-state index is -3.72. The number of ether oxygens (including phenoxy) is 5. The van der Waals surface area contributed by atoms with Gasteiger partial charge in [-0.15, -0.1) is 8.78 Å². The first-order valence-corrected chi connectivity index (χ1v) is 13.3. The van der Waals surface area contributed by atoms with Crippen molar-refractivity contribution >= 4 is 11.9 Å². The normalized spacial score (nSPS) is 27.6. The number of hydrogen-bond acceptors (Lipinski definition) is 7. The van der Waals surface area contributed by atoms with Gasteiger partial charge in [0.25, 0.3) is 0 Å². The number of rotatable bonds is 6. The lowest BCUT2D eigenvalue weighted by atomic mass is 9.79. The molecule has 2 unspecified atom stereocenters. The lowest BCUT2D eigenvalue weighted by molar-refractivity contribution is -0.286. The molecule has 1 N–H and O–H groups in total. The summed E-state index contributed by atoms with van der Waals surface area (Å²) < 4.78 is 53.2. The fourth-order valence-corrected chi connectivity index (χ4v) is 6.22. The zero-order valence-corrected chi connectivity index (χ0v) is 21.8. The van der Waals surface area contributed by atoms with Crippen LogP contribution in [0.5, 0.6) is 17.2 Å². The van der Waals surface area contributed by atoms with E-state index in [2.05, 4.69) is 14.8 Å². The van der Waals surface area contributed by atoms with Gasteiger partial charge in [-0.2, -0.15) is 0 Å². The lowest BCUT2D eigenvalue weighted by Gasteiger charge is -2.40. The number of methoxy groups -OCH3 is 2. The molecule has 0 aromatic heterocycles. The lowest BCUT2D eigenvalue weighted by Crippen LogP contribution is -2.44. The van der Waals surface area contributed by atoms with Gasteiger partial charge >= 0.3 is 12.3 Å². The number of nitrogens with one attached hydrogen (secondary N) is 1. The Bertz CT molecular complexity index is 1290. The molecular weight excluding hydrogens is 512 g/mol. The average Bonchev–Trinajstić information content (AvgIpc) is 3.69. The summed E-state index contributed by atoms with van der Waals surface area (Å²) in [6.07, 6.45) is 1.96. The maximum atomic E-state index is 13.8. The molecule has 2 aromatic rings. The highest BCUT2D eigenvalue weighted by atomic mass is 19.3. The van der Waals surface area contributed by atoms with Crippen molar-refractivity contribution in [3.63, 3.8) is 0 Å². The Morgan fingerprint density at radius 3 is 2.49 bits per heavy atom. The highest BCUT2D eigenvalue weighted by molar-refractivity contribution is 5.92. The number of fused-ring (bicyclic) bond motifs is 2. The fraction of sp³-hybridized carbons (Fsp3) is 0.517. The van der Waals surface area contributed by atoms with Gasteiger partial charge in [-0.3, -0.25) is 4.79 Å². The summed E-state index contributed by atoms with van der Waals surface area (Å²) in [7, 11) is 3.05. The van der Waals surface area contributed by atoms with E-state index in [0.29, 0.717) is 41.7 Å². The summed E-state index contributed by atoms with van der Waals surface area (Å²) in [5, 5.41) is 3.22. The van der Waals surface area contributed by atoms with Crippen LogP contribution in [0.2, 0.25) is 0 Å². The SMILES string of the molecule is COC(=O)c1ccc2c(c1)[C@H](NC(=O)C1(c3ccc4c(c3)OC(F)(F)O4)CC1)C[C@H](C1CCCC(OC)C1)O2. The molecule has 2 saturated carbocycles. The molecule has 2 heterocycles. The number of esters is 1. The van der Waals surface area contributed by atoms with E-state index in [1.165, 1.54) is 19.2 Å². The van der Waals surface area contributed by atoms with Gasteiger partial charge in [-0.25, -0.2) is 4.79 Å². The zero-order chi connectivity index (χ0) is 27.4. The van der Waals surface area contributed by atoms with Gasteiger partial charge in [0, 0.05) is 19.1 Å². The molecule has 0 spiro atoms. The Morgan fingerprint density at radius 1 is 0.974 bits per heavy atom. The van der Waals surface area contributed by atoms with E-state index < -0.39 is 23.7 Å². The maximum absolute atomic E-state index is 13.8. The third kappa shape index (κ3) is 4.79. The van der Waals surface area contributed by atoms with Crippen LogP contribution >= 0.6 is 0 Å². The summed E-state index contributed by atoms with van der Waals surface area (Å²) in [5.74, 6) is 0.0719. The second-order valence-corrected chi connectivity index (χ2v) is 10.9. The van der Waals surface area contributed by atoms with Gasteiger partial charge in [-0.05, 0) is 73.9 Å². The molecule has 2 aliphatic heterocycles. The van der Waals surface area contributed by atoms with Crippen LogP contribution in [0.1, 0.15) is 72.5 Å². The van der Waals surface area contributed by atoms with E-state index in [-0.39, 0.29) is 35.5 Å². The predicted octanol–water partition coefficient (Wildman–Crippen LogP) is 5.04. The number of halogens is 2. The van der Waals surface area contributed by atoms with E-state index >= 15 is 0 Å². The van der Waals surface area contributed by atoms with Crippen molar-refractivity contribution in [2.75, 3.05) is 14.2 Å². The van der Waals surface area contributed by atoms with Crippen molar-refractivity contribution in [3.05, 3.63) is 53.1 Å². The van der Waals surface area contributed by atoms with Crippen LogP contribution in [0.4, 0.5) is 8.78 Å². The number of alkyl halides is 2. The Balaban J connectivity index is 1.27. The van der Waals surface area contributed by atoms with Gasteiger partial charge in [0.15, 0.2) is 11.5 Å². The second-order valence-electron chi connectivity index (χ2n) is 10.9. The Kier molecular flexibility index (Phi) is 6.40. The monoisotopic (exact) mass is 543 g/mol. The first-order chi connectivity index (χ1) is 18.7. The summed E-state index contributed by atoms with van der Waals surface area (Å²) in [6.45, 7) is 0. The molecule has 10 heteroatoms. The molecule has 8 nitrogen and oxygen atoms in total. The van der Waals surface area contributed by atoms with Gasteiger partial charge < -0.3 is 29.0 Å². The van der Waals surface area contributed by atoms with Gasteiger partial charge in [0.1, 0.15) is 11.9 Å². The summed E-state index contributed by atoms with van der Waals surface area (Å²) in [4.78, 5) is 26.1. The number of amides is 1. The molecule has 1 amide bonds. The van der Waals surface area contributed by atoms with Crippen molar-refractivity contribution in [2.24, 2.45) is 5.92 Å². The van der Waals surface area contributed by atoms with Gasteiger partial charge in [-0.1, -0.05) is 12.5 Å². The van der Waals surface area contributed by atoms with Crippen LogP contribution in [0.3, 0.4) is 0 Å². The molecule has 39 heavy (non-hydrogen) atoms. The molecule has 6 rings (SSSR count). The van der Waals surface area contributed by atoms with Gasteiger partial charge in [0.05, 0.1) is 30.2 Å². The van der Waals surface area contributed by atoms with Crippen LogP contribution in [0.15, 0.2) is 36.4 Å². The first-order valence-electron chi connectivity index (χ1n) is 13.3. The third-order valence-electron chi connectivity index (χ3n) is 8.52. The van der Waals surface area contributed by atoms with E-state index in [0.717, 1.165) is 25.7 Å². The molecule has 208 valence electrons. The molecule has 2 aromatic carbocycles. The number of carbonyl (C=O) groups excluding carboxylic acids is 2. The molecule has 2 fully saturated rings. The molecule has 0 radical (unpaired) electrons. The van der Waals surface area contributed by atoms with Crippen LogP contribution in [0, 0.1) is 5.92 Å². The van der Waals surface area contributed by atoms with Crippen LogP contribution in [-0.4, -0.2) is 44.6 Å². The highest BCUT2D eigenvalue weighted by Crippen LogP contribution is 2.52. The molecular formula is C29H31F2NO7. The van der Waals surface area contributed by atoms with Gasteiger partial charge in [0.2, 0.25) is 5.91 Å². The van der Waals surface area contributed by atoms with E-state index in [9.17, 15) is 18.4 Å². The zero-order valence-electron chi connectivity index (χ0n) is 21.8. The smallest absolute Gasteiger partial charge is 0.490 e. The molecule has 0 bridgehead atoms. The van der Waals surface area contributed by atoms with Crippen LogP contribution in [0.25, 0.3) is 0 Å².